The monoisotopic (exact) mass is 388 g/mol. The summed E-state index contributed by atoms with van der Waals surface area (Å²) in [5.74, 6) is 0. The number of unbranched alkanes of at least 4 members (excludes halogenated alkanes) is 2. The zero-order valence-corrected chi connectivity index (χ0v) is 18.6. The summed E-state index contributed by atoms with van der Waals surface area (Å²) < 4.78 is 0. The van der Waals surface area contributed by atoms with Gasteiger partial charge in [0.1, 0.15) is 0 Å². The first-order valence-corrected chi connectivity index (χ1v) is 9.50. The van der Waals surface area contributed by atoms with Crippen LogP contribution in [0.4, 0.5) is 0 Å². The van der Waals surface area contributed by atoms with Gasteiger partial charge >= 0.3 is 0 Å². The average Bonchev–Trinajstić information content (AvgIpc) is 2.58. The first kappa shape index (κ1) is 24.7. The maximum absolute atomic E-state index is 3.51. The van der Waals surface area contributed by atoms with Gasteiger partial charge in [0, 0.05) is 32.2 Å². The minimum Gasteiger partial charge on any atom is -0.314 e. The van der Waals surface area contributed by atoms with Gasteiger partial charge in [0.2, 0.25) is 0 Å². The van der Waals surface area contributed by atoms with Crippen LogP contribution in [-0.2, 0) is 0 Å². The summed E-state index contributed by atoms with van der Waals surface area (Å²) in [7, 11) is 0. The Bertz CT molecular complexity index is 508. The third kappa shape index (κ3) is 5.60. The fourth-order valence-corrected chi connectivity index (χ4v) is 4.12. The van der Waals surface area contributed by atoms with Crippen molar-refractivity contribution < 1.29 is 0 Å². The fraction of sp³-hybridized carbons (Fsp3) is 0.714. The summed E-state index contributed by atoms with van der Waals surface area (Å²) in [4.78, 5) is 2.73. The Hall–Kier alpha value is -0.280. The number of rotatable bonds is 6. The molecule has 1 fully saturated rings. The molecule has 2 nitrogen and oxygen atoms in total. The summed E-state index contributed by atoms with van der Waals surface area (Å²) in [5, 5.41) is 3.51. The van der Waals surface area contributed by atoms with Gasteiger partial charge in [0.15, 0.2) is 0 Å². The van der Waals surface area contributed by atoms with Gasteiger partial charge < -0.3 is 5.32 Å². The van der Waals surface area contributed by atoms with E-state index in [0.717, 1.165) is 13.1 Å². The van der Waals surface area contributed by atoms with Crippen LogP contribution in [0.25, 0.3) is 0 Å². The lowest BCUT2D eigenvalue weighted by Crippen LogP contribution is -2.45. The van der Waals surface area contributed by atoms with E-state index in [9.17, 15) is 0 Å². The van der Waals surface area contributed by atoms with E-state index in [1.165, 1.54) is 66.6 Å². The Kier molecular flexibility index (Phi) is 11.3. The van der Waals surface area contributed by atoms with Gasteiger partial charge in [-0.1, -0.05) is 26.2 Å². The zero-order valence-electron chi connectivity index (χ0n) is 17.0. The number of nitrogens with zero attached hydrogens (tertiary/aromatic N) is 1. The molecule has 0 unspecified atom stereocenters. The van der Waals surface area contributed by atoms with Crippen molar-refractivity contribution in [2.45, 2.75) is 73.3 Å². The molecule has 1 N–H and O–H groups in total. The largest absolute Gasteiger partial charge is 0.314 e. The van der Waals surface area contributed by atoms with Gasteiger partial charge in [-0.05, 0) is 74.4 Å². The number of piperazine rings is 1. The smallest absolute Gasteiger partial charge is 0.0354 e. The third-order valence-electron chi connectivity index (χ3n) is 6.06. The normalized spacial score (nSPS) is 16.1. The quantitative estimate of drug-likeness (QED) is 0.637. The van der Waals surface area contributed by atoms with E-state index in [-0.39, 0.29) is 24.8 Å². The highest BCUT2D eigenvalue weighted by Crippen LogP contribution is 2.36. The van der Waals surface area contributed by atoms with Gasteiger partial charge in [-0.2, -0.15) is 0 Å². The summed E-state index contributed by atoms with van der Waals surface area (Å²) >= 11 is 0. The zero-order chi connectivity index (χ0) is 17.0. The average molecular weight is 389 g/mol. The minimum atomic E-state index is 0. The maximum Gasteiger partial charge on any atom is 0.0354 e. The lowest BCUT2D eigenvalue weighted by molar-refractivity contribution is 0.161. The Morgan fingerprint density at radius 1 is 0.800 bits per heavy atom. The van der Waals surface area contributed by atoms with E-state index >= 15 is 0 Å². The molecule has 25 heavy (non-hydrogen) atoms. The summed E-state index contributed by atoms with van der Waals surface area (Å²) in [6, 6.07) is 0.599. The van der Waals surface area contributed by atoms with Crippen LogP contribution in [0.2, 0.25) is 0 Å². The molecule has 1 heterocycles. The molecule has 4 heteroatoms. The van der Waals surface area contributed by atoms with Crippen LogP contribution in [0.5, 0.6) is 0 Å². The van der Waals surface area contributed by atoms with E-state index in [1.54, 1.807) is 5.56 Å². The molecular formula is C21H38Cl2N2. The molecule has 1 saturated heterocycles. The van der Waals surface area contributed by atoms with Gasteiger partial charge in [-0.3, -0.25) is 4.90 Å². The molecule has 146 valence electrons. The second kappa shape index (κ2) is 11.4. The first-order chi connectivity index (χ1) is 11.0. The van der Waals surface area contributed by atoms with Gasteiger partial charge in [-0.15, -0.1) is 24.8 Å². The minimum absolute atomic E-state index is 0. The van der Waals surface area contributed by atoms with Crippen molar-refractivity contribution in [3.05, 3.63) is 33.4 Å². The van der Waals surface area contributed by atoms with Crippen LogP contribution in [-0.4, -0.2) is 31.1 Å². The van der Waals surface area contributed by atoms with Crippen LogP contribution >= 0.6 is 24.8 Å². The number of nitrogens with one attached hydrogen (secondary N) is 1. The van der Waals surface area contributed by atoms with E-state index in [1.807, 2.05) is 0 Å². The van der Waals surface area contributed by atoms with Crippen molar-refractivity contribution in [3.8, 4) is 0 Å². The molecule has 0 spiro atoms. The van der Waals surface area contributed by atoms with E-state index < -0.39 is 0 Å². The van der Waals surface area contributed by atoms with E-state index in [0.29, 0.717) is 6.04 Å². The molecule has 1 aromatic carbocycles. The summed E-state index contributed by atoms with van der Waals surface area (Å²) in [6.07, 6.45) is 5.30. The maximum atomic E-state index is 3.51. The highest BCUT2D eigenvalue weighted by atomic mass is 35.5. The molecule has 0 radical (unpaired) electrons. The molecule has 1 atom stereocenters. The van der Waals surface area contributed by atoms with Gasteiger partial charge in [0.05, 0.1) is 0 Å². The van der Waals surface area contributed by atoms with Crippen LogP contribution in [0.3, 0.4) is 0 Å². The predicted molar refractivity (Wildman–Crippen MR) is 116 cm³/mol. The highest BCUT2D eigenvalue weighted by Gasteiger charge is 2.26. The van der Waals surface area contributed by atoms with Gasteiger partial charge in [-0.25, -0.2) is 0 Å². The van der Waals surface area contributed by atoms with E-state index in [2.05, 4.69) is 51.8 Å². The van der Waals surface area contributed by atoms with Crippen molar-refractivity contribution in [2.75, 3.05) is 26.2 Å². The molecule has 0 aromatic heterocycles. The molecular weight excluding hydrogens is 351 g/mol. The second-order valence-corrected chi connectivity index (χ2v) is 7.34. The van der Waals surface area contributed by atoms with Crippen LogP contribution < -0.4 is 5.32 Å². The summed E-state index contributed by atoms with van der Waals surface area (Å²) in [6.45, 7) is 18.5. The molecule has 2 rings (SSSR count). The third-order valence-corrected chi connectivity index (χ3v) is 6.06. The molecule has 1 aliphatic heterocycles. The topological polar surface area (TPSA) is 15.3 Å². The van der Waals surface area contributed by atoms with Crippen LogP contribution in [0.1, 0.15) is 72.0 Å². The van der Waals surface area contributed by atoms with Crippen molar-refractivity contribution in [1.82, 2.24) is 10.2 Å². The molecule has 1 aromatic rings. The predicted octanol–water partition coefficient (Wildman–Crippen LogP) is 5.60. The number of hydrogen-bond acceptors (Lipinski definition) is 2. The Balaban J connectivity index is 0.00000288. The Morgan fingerprint density at radius 3 is 1.76 bits per heavy atom. The van der Waals surface area contributed by atoms with Crippen LogP contribution in [0, 0.1) is 34.6 Å². The lowest BCUT2D eigenvalue weighted by Gasteiger charge is -2.38. The number of benzene rings is 1. The second-order valence-electron chi connectivity index (χ2n) is 7.34. The standard InChI is InChI=1S/C21H36N2.2ClH/c1-7-8-9-10-20(23-13-11-22-12-14-23)21-18(5)16(3)15(2)17(4)19(21)6;;/h20,22H,7-14H2,1-6H3;2*1H/t20-;;/m1../s1. The molecule has 0 saturated carbocycles. The Labute approximate surface area is 168 Å². The Morgan fingerprint density at radius 2 is 1.28 bits per heavy atom. The molecule has 1 aliphatic rings. The van der Waals surface area contributed by atoms with E-state index in [4.69, 9.17) is 0 Å². The molecule has 0 amide bonds. The molecule has 0 aliphatic carbocycles. The van der Waals surface area contributed by atoms with Crippen molar-refractivity contribution in [3.63, 3.8) is 0 Å². The number of halogens is 2. The van der Waals surface area contributed by atoms with Gasteiger partial charge in [0.25, 0.3) is 0 Å². The molecule has 0 bridgehead atoms. The van der Waals surface area contributed by atoms with Crippen molar-refractivity contribution in [2.24, 2.45) is 0 Å². The van der Waals surface area contributed by atoms with Crippen molar-refractivity contribution >= 4 is 24.8 Å². The first-order valence-electron chi connectivity index (χ1n) is 9.50. The van der Waals surface area contributed by atoms with Crippen molar-refractivity contribution in [1.29, 1.82) is 0 Å². The summed E-state index contributed by atoms with van der Waals surface area (Å²) in [5.41, 5.74) is 9.17. The highest BCUT2D eigenvalue weighted by molar-refractivity contribution is 5.85. The number of hydrogen-bond donors (Lipinski definition) is 1. The SMILES string of the molecule is CCCCC[C@H](c1c(C)c(C)c(C)c(C)c1C)N1CCNCC1.Cl.Cl. The fourth-order valence-electron chi connectivity index (χ4n) is 4.12. The lowest BCUT2D eigenvalue weighted by atomic mass is 9.84. The van der Waals surface area contributed by atoms with Crippen LogP contribution in [0.15, 0.2) is 0 Å².